The van der Waals surface area contributed by atoms with Crippen LogP contribution in [0.4, 0.5) is 16.2 Å². The molecule has 3 amide bonds. The number of carbonyl (C=O) groups excluding carboxylic acids is 3. The van der Waals surface area contributed by atoms with Crippen LogP contribution in [0.2, 0.25) is 0 Å². The Bertz CT molecular complexity index is 1170. The Kier molecular flexibility index (Phi) is 7.72. The molecule has 2 heterocycles. The van der Waals surface area contributed by atoms with Gasteiger partial charge in [-0.15, -0.1) is 0 Å². The zero-order valence-corrected chi connectivity index (χ0v) is 23.5. The molecule has 2 saturated heterocycles. The first-order valence-electron chi connectivity index (χ1n) is 13.4. The molecular weight excluding hydrogens is 480 g/mol. The average molecular weight is 521 g/mol. The minimum Gasteiger partial charge on any atom is -0.459 e. The van der Waals surface area contributed by atoms with Gasteiger partial charge in [0.2, 0.25) is 0 Å². The Labute approximate surface area is 226 Å². The molecule has 0 aliphatic carbocycles. The van der Waals surface area contributed by atoms with Gasteiger partial charge in [-0.05, 0) is 62.1 Å². The number of ether oxygens (including phenoxy) is 1. The van der Waals surface area contributed by atoms with E-state index in [0.29, 0.717) is 37.4 Å². The third-order valence-corrected chi connectivity index (χ3v) is 6.88. The number of piperazine rings is 1. The number of anilines is 2. The third kappa shape index (κ3) is 6.29. The van der Waals surface area contributed by atoms with Crippen LogP contribution in [0, 0.1) is 0 Å². The second-order valence-electron chi connectivity index (χ2n) is 12.0. The van der Waals surface area contributed by atoms with Crippen LogP contribution in [-0.2, 0) is 14.9 Å². The second-order valence-corrected chi connectivity index (χ2v) is 12.0. The van der Waals surface area contributed by atoms with E-state index in [2.05, 4.69) is 49.9 Å². The lowest BCUT2D eigenvalue weighted by Gasteiger charge is -2.38. The highest BCUT2D eigenvalue weighted by atomic mass is 16.6. The van der Waals surface area contributed by atoms with Gasteiger partial charge in [0.05, 0.1) is 0 Å². The number of esters is 1. The summed E-state index contributed by atoms with van der Waals surface area (Å²) in [5.74, 6) is -0.421. The van der Waals surface area contributed by atoms with E-state index in [1.165, 1.54) is 16.2 Å². The number of para-hydroxylation sites is 1. The van der Waals surface area contributed by atoms with Crippen molar-refractivity contribution in [1.29, 1.82) is 0 Å². The quantitative estimate of drug-likeness (QED) is 0.542. The molecule has 0 bridgehead atoms. The summed E-state index contributed by atoms with van der Waals surface area (Å²) >= 11 is 0. The summed E-state index contributed by atoms with van der Waals surface area (Å²) in [6.45, 7) is 15.8. The highest BCUT2D eigenvalue weighted by molar-refractivity contribution is 5.98. The number of hydrogen-bond donors (Lipinski definition) is 0. The van der Waals surface area contributed by atoms with Crippen molar-refractivity contribution >= 4 is 29.3 Å². The smallest absolute Gasteiger partial charge is 0.326 e. The molecule has 2 aliphatic heterocycles. The predicted octanol–water partition coefficient (Wildman–Crippen LogP) is 4.53. The van der Waals surface area contributed by atoms with Crippen molar-refractivity contribution in [1.82, 2.24) is 9.80 Å². The maximum Gasteiger partial charge on any atom is 0.326 e. The topological polar surface area (TPSA) is 73.4 Å². The molecule has 2 aromatic carbocycles. The van der Waals surface area contributed by atoms with Gasteiger partial charge < -0.3 is 19.4 Å². The van der Waals surface area contributed by atoms with Crippen LogP contribution in [0.5, 0.6) is 0 Å². The Morgan fingerprint density at radius 1 is 0.816 bits per heavy atom. The average Bonchev–Trinajstić information content (AvgIpc) is 3.21. The molecule has 4 rings (SSSR count). The van der Waals surface area contributed by atoms with Crippen molar-refractivity contribution in [3.05, 3.63) is 59.7 Å². The first-order chi connectivity index (χ1) is 17.8. The fourth-order valence-corrected chi connectivity index (χ4v) is 5.00. The van der Waals surface area contributed by atoms with E-state index in [-0.39, 0.29) is 23.9 Å². The SMILES string of the molecule is CC(C)(C)OC(=O)CN1CCN(c2ccc(C(=O)N3CCN(c4ccccc4C(C)(C)C)CC3)cc2)C1=O. The van der Waals surface area contributed by atoms with Crippen LogP contribution in [0.25, 0.3) is 0 Å². The van der Waals surface area contributed by atoms with Crippen LogP contribution < -0.4 is 9.80 Å². The molecule has 2 aromatic rings. The standard InChI is InChI=1S/C30H40N4O4/c1-29(2,3)24-9-7-8-10-25(24)31-15-17-32(18-16-31)27(36)22-11-13-23(14-12-22)34-20-19-33(28(34)37)21-26(35)38-30(4,5)6/h7-14H,15-21H2,1-6H3. The number of benzene rings is 2. The maximum atomic E-state index is 13.2. The summed E-state index contributed by atoms with van der Waals surface area (Å²) in [5.41, 5.74) is 3.33. The number of rotatable bonds is 5. The molecule has 8 heteroatoms. The summed E-state index contributed by atoms with van der Waals surface area (Å²) in [6.07, 6.45) is 0. The third-order valence-electron chi connectivity index (χ3n) is 6.88. The highest BCUT2D eigenvalue weighted by Gasteiger charge is 2.32. The van der Waals surface area contributed by atoms with Gasteiger partial charge in [0, 0.05) is 56.2 Å². The minimum atomic E-state index is -0.592. The number of amides is 3. The van der Waals surface area contributed by atoms with Crippen LogP contribution in [0.15, 0.2) is 48.5 Å². The fraction of sp³-hybridized carbons (Fsp3) is 0.500. The van der Waals surface area contributed by atoms with Gasteiger partial charge in [-0.3, -0.25) is 14.5 Å². The Morgan fingerprint density at radius 2 is 1.45 bits per heavy atom. The molecule has 0 atom stereocenters. The number of urea groups is 1. The lowest BCUT2D eigenvalue weighted by Crippen LogP contribution is -2.49. The molecule has 0 radical (unpaired) electrons. The first-order valence-corrected chi connectivity index (χ1v) is 13.4. The van der Waals surface area contributed by atoms with Crippen LogP contribution in [0.1, 0.15) is 57.5 Å². The number of hydrogen-bond acceptors (Lipinski definition) is 5. The van der Waals surface area contributed by atoms with Crippen LogP contribution >= 0.6 is 0 Å². The molecule has 0 N–H and O–H groups in total. The molecule has 0 unspecified atom stereocenters. The second kappa shape index (κ2) is 10.7. The van der Waals surface area contributed by atoms with Crippen molar-refractivity contribution in [2.75, 3.05) is 55.6 Å². The molecular formula is C30H40N4O4. The van der Waals surface area contributed by atoms with E-state index in [1.807, 2.05) is 4.90 Å². The molecule has 0 aromatic heterocycles. The summed E-state index contributed by atoms with van der Waals surface area (Å²) in [4.78, 5) is 45.6. The Balaban J connectivity index is 1.34. The molecule has 38 heavy (non-hydrogen) atoms. The van der Waals surface area contributed by atoms with E-state index in [0.717, 1.165) is 13.1 Å². The molecule has 2 aliphatic rings. The molecule has 2 fully saturated rings. The van der Waals surface area contributed by atoms with Gasteiger partial charge in [0.1, 0.15) is 12.1 Å². The van der Waals surface area contributed by atoms with Gasteiger partial charge in [0.25, 0.3) is 5.91 Å². The number of nitrogens with zero attached hydrogens (tertiary/aromatic N) is 4. The number of carbonyl (C=O) groups is 3. The predicted molar refractivity (Wildman–Crippen MR) is 150 cm³/mol. The summed E-state index contributed by atoms with van der Waals surface area (Å²) in [5, 5.41) is 0. The maximum absolute atomic E-state index is 13.2. The lowest BCUT2D eigenvalue weighted by molar-refractivity contribution is -0.155. The Hall–Kier alpha value is -3.55. The first kappa shape index (κ1) is 27.5. The molecule has 204 valence electrons. The van der Waals surface area contributed by atoms with Gasteiger partial charge >= 0.3 is 12.0 Å². The summed E-state index contributed by atoms with van der Waals surface area (Å²) in [7, 11) is 0. The minimum absolute atomic E-state index is 0.000364. The van der Waals surface area contributed by atoms with Crippen molar-refractivity contribution < 1.29 is 19.1 Å². The monoisotopic (exact) mass is 520 g/mol. The summed E-state index contributed by atoms with van der Waals surface area (Å²) < 4.78 is 5.34. The Morgan fingerprint density at radius 3 is 2.05 bits per heavy atom. The van der Waals surface area contributed by atoms with E-state index in [4.69, 9.17) is 4.74 Å². The summed E-state index contributed by atoms with van der Waals surface area (Å²) in [6, 6.07) is 15.5. The zero-order valence-electron chi connectivity index (χ0n) is 23.5. The molecule has 0 saturated carbocycles. The van der Waals surface area contributed by atoms with Crippen molar-refractivity contribution in [3.63, 3.8) is 0 Å². The molecule has 8 nitrogen and oxygen atoms in total. The van der Waals surface area contributed by atoms with Crippen LogP contribution in [-0.4, -0.2) is 79.1 Å². The van der Waals surface area contributed by atoms with Gasteiger partial charge in [-0.25, -0.2) is 4.79 Å². The van der Waals surface area contributed by atoms with Crippen LogP contribution in [0.3, 0.4) is 0 Å². The van der Waals surface area contributed by atoms with E-state index in [1.54, 1.807) is 49.9 Å². The zero-order chi connectivity index (χ0) is 27.7. The molecule has 0 spiro atoms. The van der Waals surface area contributed by atoms with Crippen molar-refractivity contribution in [2.45, 2.75) is 52.6 Å². The van der Waals surface area contributed by atoms with E-state index >= 15 is 0 Å². The normalized spacial score (nSPS) is 16.7. The van der Waals surface area contributed by atoms with E-state index < -0.39 is 11.6 Å². The fourth-order valence-electron chi connectivity index (χ4n) is 5.00. The highest BCUT2D eigenvalue weighted by Crippen LogP contribution is 2.32. The van der Waals surface area contributed by atoms with E-state index in [9.17, 15) is 14.4 Å². The van der Waals surface area contributed by atoms with Crippen molar-refractivity contribution in [2.24, 2.45) is 0 Å². The lowest BCUT2D eigenvalue weighted by atomic mass is 9.85. The van der Waals surface area contributed by atoms with Crippen molar-refractivity contribution in [3.8, 4) is 0 Å². The van der Waals surface area contributed by atoms with Gasteiger partial charge in [-0.1, -0.05) is 39.0 Å². The largest absolute Gasteiger partial charge is 0.459 e. The van der Waals surface area contributed by atoms with Gasteiger partial charge in [-0.2, -0.15) is 0 Å². The van der Waals surface area contributed by atoms with Gasteiger partial charge in [0.15, 0.2) is 0 Å².